The van der Waals surface area contributed by atoms with Crippen LogP contribution in [0.15, 0.2) is 30.3 Å². The highest BCUT2D eigenvalue weighted by atomic mass is 32.1. The fraction of sp³-hybridized carbons (Fsp3) is 0.100. The Morgan fingerprint density at radius 1 is 1.06 bits per heavy atom. The van der Waals surface area contributed by atoms with Crippen LogP contribution < -0.4 is 0 Å². The second kappa shape index (κ2) is 3.77. The molecule has 3 aromatic rings. The molecular weight excluding hydrogens is 265 g/mol. The molecule has 8 heteroatoms. The zero-order chi connectivity index (χ0) is 12.8. The lowest BCUT2D eigenvalue weighted by Gasteiger charge is -2.00. The van der Waals surface area contributed by atoms with Crippen LogP contribution in [0.2, 0.25) is 0 Å². The van der Waals surface area contributed by atoms with Gasteiger partial charge in [-0.1, -0.05) is 41.7 Å². The molecule has 0 N–H and O–H groups in total. The molecule has 92 valence electrons. The van der Waals surface area contributed by atoms with E-state index in [1.807, 2.05) is 6.07 Å². The van der Waals surface area contributed by atoms with Crippen molar-refractivity contribution in [3.63, 3.8) is 0 Å². The molecule has 0 atom stereocenters. The van der Waals surface area contributed by atoms with Gasteiger partial charge in [0.2, 0.25) is 4.96 Å². The molecule has 2 heterocycles. The zero-order valence-electron chi connectivity index (χ0n) is 8.72. The van der Waals surface area contributed by atoms with Gasteiger partial charge in [-0.25, -0.2) is 0 Å². The van der Waals surface area contributed by atoms with Gasteiger partial charge in [0.15, 0.2) is 0 Å². The van der Waals surface area contributed by atoms with Gasteiger partial charge < -0.3 is 0 Å². The largest absolute Gasteiger partial charge is 0.453 e. The van der Waals surface area contributed by atoms with Gasteiger partial charge in [0.1, 0.15) is 5.01 Å². The molecular formula is C10H5F3N4S. The highest BCUT2D eigenvalue weighted by Crippen LogP contribution is 2.31. The number of fused-ring (bicyclic) bond motifs is 1. The van der Waals surface area contributed by atoms with Crippen molar-refractivity contribution in [2.45, 2.75) is 6.18 Å². The van der Waals surface area contributed by atoms with Gasteiger partial charge in [-0.05, 0) is 0 Å². The maximum Gasteiger partial charge on any atom is 0.453 e. The van der Waals surface area contributed by atoms with Crippen LogP contribution >= 0.6 is 11.3 Å². The Hall–Kier alpha value is -1.96. The quantitative estimate of drug-likeness (QED) is 0.683. The molecule has 0 aliphatic heterocycles. The first-order valence-corrected chi connectivity index (χ1v) is 5.72. The number of alkyl halides is 3. The van der Waals surface area contributed by atoms with Crippen LogP contribution in [0.1, 0.15) is 5.82 Å². The van der Waals surface area contributed by atoms with Crippen LogP contribution in [0.4, 0.5) is 13.2 Å². The standard InChI is InChI=1S/C10H5F3N4S/c11-10(12,13)8-14-15-9-17(8)16-7(18-9)6-4-2-1-3-5-6/h1-5H. The van der Waals surface area contributed by atoms with E-state index in [1.165, 1.54) is 0 Å². The summed E-state index contributed by atoms with van der Waals surface area (Å²) in [6.45, 7) is 0. The molecule has 0 amide bonds. The number of halogens is 3. The maximum atomic E-state index is 12.6. The van der Waals surface area contributed by atoms with Crippen LogP contribution in [0.5, 0.6) is 0 Å². The van der Waals surface area contributed by atoms with Gasteiger partial charge >= 0.3 is 6.18 Å². The summed E-state index contributed by atoms with van der Waals surface area (Å²) in [6, 6.07) is 8.97. The monoisotopic (exact) mass is 270 g/mol. The molecule has 0 aliphatic rings. The van der Waals surface area contributed by atoms with E-state index >= 15 is 0 Å². The van der Waals surface area contributed by atoms with Gasteiger partial charge in [0, 0.05) is 5.56 Å². The predicted octanol–water partition coefficient (Wildman–Crippen LogP) is 2.87. The lowest BCUT2D eigenvalue weighted by atomic mass is 10.2. The van der Waals surface area contributed by atoms with Crippen molar-refractivity contribution in [2.75, 3.05) is 0 Å². The minimum atomic E-state index is -4.55. The topological polar surface area (TPSA) is 43.1 Å². The highest BCUT2D eigenvalue weighted by molar-refractivity contribution is 7.19. The normalized spacial score (nSPS) is 12.2. The summed E-state index contributed by atoms with van der Waals surface area (Å²) in [5, 5.41) is 11.0. The van der Waals surface area contributed by atoms with E-state index in [0.29, 0.717) is 5.01 Å². The lowest BCUT2D eigenvalue weighted by Crippen LogP contribution is -2.11. The van der Waals surface area contributed by atoms with Crippen LogP contribution in [-0.4, -0.2) is 19.8 Å². The van der Waals surface area contributed by atoms with E-state index in [-0.39, 0.29) is 4.96 Å². The third-order valence-electron chi connectivity index (χ3n) is 2.27. The molecule has 0 unspecified atom stereocenters. The van der Waals surface area contributed by atoms with Crippen molar-refractivity contribution in [3.8, 4) is 10.6 Å². The van der Waals surface area contributed by atoms with E-state index in [1.54, 1.807) is 24.3 Å². The molecule has 0 aliphatic carbocycles. The first-order chi connectivity index (χ1) is 8.55. The molecule has 1 aromatic carbocycles. The van der Waals surface area contributed by atoms with Crippen LogP contribution in [-0.2, 0) is 6.18 Å². The van der Waals surface area contributed by atoms with Gasteiger partial charge in [-0.15, -0.1) is 10.2 Å². The third-order valence-corrected chi connectivity index (χ3v) is 3.21. The Labute approximate surface area is 103 Å². The SMILES string of the molecule is FC(F)(F)c1nnc2sc(-c3ccccc3)nn12. The number of hydrogen-bond donors (Lipinski definition) is 0. The summed E-state index contributed by atoms with van der Waals surface area (Å²) >= 11 is 1.07. The van der Waals surface area contributed by atoms with E-state index in [4.69, 9.17) is 0 Å². The Morgan fingerprint density at radius 3 is 2.44 bits per heavy atom. The van der Waals surface area contributed by atoms with E-state index in [2.05, 4.69) is 15.3 Å². The first kappa shape index (κ1) is 11.1. The van der Waals surface area contributed by atoms with Crippen molar-refractivity contribution < 1.29 is 13.2 Å². The van der Waals surface area contributed by atoms with Crippen molar-refractivity contribution in [3.05, 3.63) is 36.2 Å². The summed E-state index contributed by atoms with van der Waals surface area (Å²) in [6.07, 6.45) is -4.55. The second-order valence-electron chi connectivity index (χ2n) is 3.49. The Morgan fingerprint density at radius 2 is 1.78 bits per heavy atom. The molecule has 2 aromatic heterocycles. The van der Waals surface area contributed by atoms with Crippen molar-refractivity contribution in [1.82, 2.24) is 19.8 Å². The van der Waals surface area contributed by atoms with Crippen molar-refractivity contribution in [2.24, 2.45) is 0 Å². The summed E-state index contributed by atoms with van der Waals surface area (Å²) < 4.78 is 38.5. The summed E-state index contributed by atoms with van der Waals surface area (Å²) in [5.41, 5.74) is 0.751. The molecule has 0 spiro atoms. The summed E-state index contributed by atoms with van der Waals surface area (Å²) in [7, 11) is 0. The molecule has 0 bridgehead atoms. The number of benzene rings is 1. The average Bonchev–Trinajstić information content (AvgIpc) is 2.87. The molecule has 0 saturated carbocycles. The minimum absolute atomic E-state index is 0.126. The average molecular weight is 270 g/mol. The van der Waals surface area contributed by atoms with Gasteiger partial charge in [-0.2, -0.15) is 22.8 Å². The van der Waals surface area contributed by atoms with Crippen LogP contribution in [0.25, 0.3) is 15.5 Å². The predicted molar refractivity (Wildman–Crippen MR) is 59.1 cm³/mol. The molecule has 0 saturated heterocycles. The van der Waals surface area contributed by atoms with Crippen molar-refractivity contribution in [1.29, 1.82) is 0 Å². The molecule has 4 nitrogen and oxygen atoms in total. The second-order valence-corrected chi connectivity index (χ2v) is 4.44. The van der Waals surface area contributed by atoms with Crippen LogP contribution in [0.3, 0.4) is 0 Å². The first-order valence-electron chi connectivity index (χ1n) is 4.90. The smallest absolute Gasteiger partial charge is 0.178 e. The van der Waals surface area contributed by atoms with E-state index in [9.17, 15) is 13.2 Å². The molecule has 18 heavy (non-hydrogen) atoms. The van der Waals surface area contributed by atoms with Gasteiger partial charge in [0.05, 0.1) is 0 Å². The lowest BCUT2D eigenvalue weighted by molar-refractivity contribution is -0.146. The summed E-state index contributed by atoms with van der Waals surface area (Å²) in [5.74, 6) is -1.10. The molecule has 3 rings (SSSR count). The Bertz CT molecular complexity index is 686. The highest BCUT2D eigenvalue weighted by Gasteiger charge is 2.38. The fourth-order valence-corrected chi connectivity index (χ4v) is 2.34. The van der Waals surface area contributed by atoms with Gasteiger partial charge in [0.25, 0.3) is 5.82 Å². The van der Waals surface area contributed by atoms with Gasteiger partial charge in [-0.3, -0.25) is 0 Å². The molecule has 0 radical (unpaired) electrons. The zero-order valence-corrected chi connectivity index (χ0v) is 9.53. The van der Waals surface area contributed by atoms with E-state index < -0.39 is 12.0 Å². The minimum Gasteiger partial charge on any atom is -0.178 e. The maximum absolute atomic E-state index is 12.6. The Balaban J connectivity index is 2.16. The fourth-order valence-electron chi connectivity index (χ4n) is 1.49. The summed E-state index contributed by atoms with van der Waals surface area (Å²) in [4.78, 5) is 0.126. The van der Waals surface area contributed by atoms with Crippen LogP contribution in [0, 0.1) is 0 Å². The van der Waals surface area contributed by atoms with E-state index in [0.717, 1.165) is 21.4 Å². The number of aromatic nitrogens is 4. The Kier molecular flexibility index (Phi) is 2.34. The van der Waals surface area contributed by atoms with Crippen molar-refractivity contribution >= 4 is 16.3 Å². The number of rotatable bonds is 1. The molecule has 0 fully saturated rings. The number of nitrogens with zero attached hydrogens (tertiary/aromatic N) is 4. The third kappa shape index (κ3) is 1.74. The number of hydrogen-bond acceptors (Lipinski definition) is 4.